The second-order valence-corrected chi connectivity index (χ2v) is 5.88. The lowest BCUT2D eigenvalue weighted by Crippen LogP contribution is -2.26. The van der Waals surface area contributed by atoms with Gasteiger partial charge in [0.05, 0.1) is 11.9 Å². The van der Waals surface area contributed by atoms with Crippen LogP contribution in [0.4, 0.5) is 11.4 Å². The van der Waals surface area contributed by atoms with Crippen molar-refractivity contribution in [1.82, 2.24) is 14.7 Å². The van der Waals surface area contributed by atoms with Crippen LogP contribution in [0.25, 0.3) is 0 Å². The van der Waals surface area contributed by atoms with E-state index in [0.29, 0.717) is 16.9 Å². The van der Waals surface area contributed by atoms with Crippen LogP contribution in [0.5, 0.6) is 0 Å². The summed E-state index contributed by atoms with van der Waals surface area (Å²) in [6.45, 7) is 3.36. The average molecular weight is 343 g/mol. The molecule has 0 aliphatic rings. The van der Waals surface area contributed by atoms with Crippen LogP contribution < -0.4 is 10.6 Å². The molecule has 2 rings (SSSR count). The van der Waals surface area contributed by atoms with Crippen LogP contribution >= 0.6 is 0 Å². The molecule has 25 heavy (non-hydrogen) atoms. The Hall–Kier alpha value is -3.16. The highest BCUT2D eigenvalue weighted by molar-refractivity contribution is 6.05. The molecule has 3 amide bonds. The maximum atomic E-state index is 12.4. The number of nitrogens with one attached hydrogen (secondary N) is 2. The molecule has 8 nitrogen and oxygen atoms in total. The predicted octanol–water partition coefficient (Wildman–Crippen LogP) is 1.49. The molecule has 1 heterocycles. The minimum absolute atomic E-state index is 0.0973. The number of aryl methyl sites for hydroxylation is 1. The Labute approximate surface area is 145 Å². The normalized spacial score (nSPS) is 10.2. The van der Waals surface area contributed by atoms with Crippen molar-refractivity contribution >= 4 is 29.1 Å². The summed E-state index contributed by atoms with van der Waals surface area (Å²) in [5, 5.41) is 9.47. The summed E-state index contributed by atoms with van der Waals surface area (Å²) in [6.07, 6.45) is 3.06. The molecule has 0 radical (unpaired) electrons. The standard InChI is InChI=1S/C17H21N5O3/c1-11-5-6-13(7-15(11)19-12(2)23)17(25)20-14-8-18-22(9-14)10-16(24)21(3)4/h5-9H,10H2,1-4H3,(H,19,23)(H,20,25). The van der Waals surface area contributed by atoms with E-state index in [1.165, 1.54) is 22.7 Å². The van der Waals surface area contributed by atoms with Crippen LogP contribution in [-0.2, 0) is 16.1 Å². The van der Waals surface area contributed by atoms with Crippen molar-refractivity contribution in [3.8, 4) is 0 Å². The number of aromatic nitrogens is 2. The monoisotopic (exact) mass is 343 g/mol. The predicted molar refractivity (Wildman–Crippen MR) is 94.4 cm³/mol. The van der Waals surface area contributed by atoms with E-state index in [1.807, 2.05) is 6.92 Å². The van der Waals surface area contributed by atoms with Gasteiger partial charge in [-0.1, -0.05) is 6.07 Å². The first-order chi connectivity index (χ1) is 11.8. The Kier molecular flexibility index (Phi) is 5.53. The summed E-state index contributed by atoms with van der Waals surface area (Å²) >= 11 is 0. The molecule has 0 unspecified atom stereocenters. The van der Waals surface area contributed by atoms with Gasteiger partial charge in [0.15, 0.2) is 0 Å². The van der Waals surface area contributed by atoms with Crippen molar-refractivity contribution in [2.75, 3.05) is 24.7 Å². The first-order valence-electron chi connectivity index (χ1n) is 7.68. The number of benzene rings is 1. The van der Waals surface area contributed by atoms with Gasteiger partial charge in [0.25, 0.3) is 5.91 Å². The highest BCUT2D eigenvalue weighted by Gasteiger charge is 2.12. The van der Waals surface area contributed by atoms with E-state index in [-0.39, 0.29) is 24.3 Å². The molecular formula is C17H21N5O3. The summed E-state index contributed by atoms with van der Waals surface area (Å²) in [5.41, 5.74) is 2.35. The van der Waals surface area contributed by atoms with E-state index in [9.17, 15) is 14.4 Å². The minimum atomic E-state index is -0.329. The molecule has 1 aromatic heterocycles. The molecule has 0 saturated heterocycles. The van der Waals surface area contributed by atoms with Gasteiger partial charge in [-0.15, -0.1) is 0 Å². The molecule has 0 bridgehead atoms. The Morgan fingerprint density at radius 2 is 1.92 bits per heavy atom. The van der Waals surface area contributed by atoms with Gasteiger partial charge in [0, 0.05) is 38.5 Å². The molecule has 0 saturated carbocycles. The average Bonchev–Trinajstić information content (AvgIpc) is 2.95. The van der Waals surface area contributed by atoms with Gasteiger partial charge >= 0.3 is 0 Å². The number of carbonyl (C=O) groups is 3. The molecule has 0 atom stereocenters. The van der Waals surface area contributed by atoms with Gasteiger partial charge in [-0.2, -0.15) is 5.10 Å². The number of likely N-dealkylation sites (N-methyl/N-ethyl adjacent to an activating group) is 1. The Bertz CT molecular complexity index is 810. The van der Waals surface area contributed by atoms with Gasteiger partial charge in [-0.3, -0.25) is 19.1 Å². The topological polar surface area (TPSA) is 96.3 Å². The molecule has 0 spiro atoms. The lowest BCUT2D eigenvalue weighted by molar-refractivity contribution is -0.129. The van der Waals surface area contributed by atoms with Crippen molar-refractivity contribution in [3.63, 3.8) is 0 Å². The number of hydrogen-bond donors (Lipinski definition) is 2. The third kappa shape index (κ3) is 4.90. The third-order valence-electron chi connectivity index (χ3n) is 3.50. The van der Waals surface area contributed by atoms with Crippen LogP contribution in [-0.4, -0.2) is 46.5 Å². The fourth-order valence-electron chi connectivity index (χ4n) is 2.09. The molecule has 0 aliphatic heterocycles. The van der Waals surface area contributed by atoms with Crippen LogP contribution in [0, 0.1) is 6.92 Å². The number of amides is 3. The van der Waals surface area contributed by atoms with Crippen LogP contribution in [0.3, 0.4) is 0 Å². The Balaban J connectivity index is 2.08. The lowest BCUT2D eigenvalue weighted by Gasteiger charge is -2.10. The smallest absolute Gasteiger partial charge is 0.255 e. The zero-order chi connectivity index (χ0) is 18.6. The van der Waals surface area contributed by atoms with Crippen molar-refractivity contribution in [2.24, 2.45) is 0 Å². The zero-order valence-electron chi connectivity index (χ0n) is 14.7. The fourth-order valence-corrected chi connectivity index (χ4v) is 2.09. The van der Waals surface area contributed by atoms with Crippen molar-refractivity contribution in [1.29, 1.82) is 0 Å². The van der Waals surface area contributed by atoms with Crippen molar-refractivity contribution < 1.29 is 14.4 Å². The van der Waals surface area contributed by atoms with E-state index in [0.717, 1.165) is 5.56 Å². The van der Waals surface area contributed by atoms with Gasteiger partial charge < -0.3 is 15.5 Å². The highest BCUT2D eigenvalue weighted by Crippen LogP contribution is 2.18. The molecule has 132 valence electrons. The lowest BCUT2D eigenvalue weighted by atomic mass is 10.1. The second-order valence-electron chi connectivity index (χ2n) is 5.88. The Morgan fingerprint density at radius 3 is 2.56 bits per heavy atom. The molecule has 2 N–H and O–H groups in total. The second kappa shape index (κ2) is 7.61. The zero-order valence-corrected chi connectivity index (χ0v) is 14.7. The van der Waals surface area contributed by atoms with Crippen LogP contribution in [0.2, 0.25) is 0 Å². The quantitative estimate of drug-likeness (QED) is 0.860. The first-order valence-corrected chi connectivity index (χ1v) is 7.68. The molecule has 0 fully saturated rings. The summed E-state index contributed by atoms with van der Waals surface area (Å²) in [5.74, 6) is -0.628. The van der Waals surface area contributed by atoms with Gasteiger partial charge in [0.2, 0.25) is 11.8 Å². The Morgan fingerprint density at radius 1 is 1.20 bits per heavy atom. The largest absolute Gasteiger partial charge is 0.347 e. The van der Waals surface area contributed by atoms with E-state index >= 15 is 0 Å². The highest BCUT2D eigenvalue weighted by atomic mass is 16.2. The molecule has 0 aliphatic carbocycles. The maximum absolute atomic E-state index is 12.4. The van der Waals surface area contributed by atoms with Crippen molar-refractivity contribution in [3.05, 3.63) is 41.7 Å². The third-order valence-corrected chi connectivity index (χ3v) is 3.50. The SMILES string of the molecule is CC(=O)Nc1cc(C(=O)Nc2cnn(CC(=O)N(C)C)c2)ccc1C. The number of anilines is 2. The minimum Gasteiger partial charge on any atom is -0.347 e. The van der Waals surface area contributed by atoms with E-state index in [4.69, 9.17) is 0 Å². The molecular weight excluding hydrogens is 322 g/mol. The van der Waals surface area contributed by atoms with E-state index in [2.05, 4.69) is 15.7 Å². The fraction of sp³-hybridized carbons (Fsp3) is 0.294. The van der Waals surface area contributed by atoms with E-state index < -0.39 is 0 Å². The van der Waals surface area contributed by atoms with Gasteiger partial charge in [-0.05, 0) is 24.6 Å². The number of nitrogens with zero attached hydrogens (tertiary/aromatic N) is 3. The van der Waals surface area contributed by atoms with Crippen LogP contribution in [0.1, 0.15) is 22.8 Å². The van der Waals surface area contributed by atoms with Gasteiger partial charge in [-0.25, -0.2) is 0 Å². The molecule has 1 aromatic carbocycles. The van der Waals surface area contributed by atoms with E-state index in [1.54, 1.807) is 38.5 Å². The summed E-state index contributed by atoms with van der Waals surface area (Å²) in [6, 6.07) is 5.06. The summed E-state index contributed by atoms with van der Waals surface area (Å²) < 4.78 is 1.45. The summed E-state index contributed by atoms with van der Waals surface area (Å²) in [4.78, 5) is 36.7. The van der Waals surface area contributed by atoms with Crippen LogP contribution in [0.15, 0.2) is 30.6 Å². The first kappa shape index (κ1) is 18.2. The number of carbonyl (C=O) groups excluding carboxylic acids is 3. The summed E-state index contributed by atoms with van der Waals surface area (Å²) in [7, 11) is 3.33. The van der Waals surface area contributed by atoms with Crippen molar-refractivity contribution in [2.45, 2.75) is 20.4 Å². The van der Waals surface area contributed by atoms with Gasteiger partial charge in [0.1, 0.15) is 6.54 Å². The molecule has 2 aromatic rings. The maximum Gasteiger partial charge on any atom is 0.255 e. The number of rotatable bonds is 5. The number of hydrogen-bond acceptors (Lipinski definition) is 4. The molecule has 8 heteroatoms.